The van der Waals surface area contributed by atoms with Crippen LogP contribution in [0.1, 0.15) is 5.56 Å². The van der Waals surface area contributed by atoms with Crippen molar-refractivity contribution < 1.29 is 13.9 Å². The summed E-state index contributed by atoms with van der Waals surface area (Å²) in [4.78, 5) is 16.4. The normalized spacial score (nSPS) is 15.1. The Balaban J connectivity index is 2.09. The smallest absolute Gasteiger partial charge is 0.369 e. The number of hydrogen-bond donors (Lipinski definition) is 0. The lowest BCUT2D eigenvalue weighted by atomic mass is 10.2. The SMILES string of the molecule is CN(Cc1ccc(Cl)nc1)C1=C(F)C(=O)OC1. The summed E-state index contributed by atoms with van der Waals surface area (Å²) in [5, 5.41) is 0.404. The van der Waals surface area contributed by atoms with E-state index in [1.54, 1.807) is 30.3 Å². The molecule has 0 aliphatic carbocycles. The van der Waals surface area contributed by atoms with E-state index in [0.29, 0.717) is 11.7 Å². The molecule has 0 saturated heterocycles. The second-order valence-corrected chi connectivity index (χ2v) is 4.07. The zero-order valence-corrected chi connectivity index (χ0v) is 9.87. The van der Waals surface area contributed by atoms with E-state index in [9.17, 15) is 9.18 Å². The van der Waals surface area contributed by atoms with Gasteiger partial charge in [0.1, 0.15) is 11.8 Å². The summed E-state index contributed by atoms with van der Waals surface area (Å²) in [6, 6.07) is 3.45. The summed E-state index contributed by atoms with van der Waals surface area (Å²) in [5.74, 6) is -1.73. The van der Waals surface area contributed by atoms with E-state index in [1.165, 1.54) is 0 Å². The molecule has 1 aliphatic heterocycles. The number of cyclic esters (lactones) is 1. The topological polar surface area (TPSA) is 42.4 Å². The second kappa shape index (κ2) is 4.71. The lowest BCUT2D eigenvalue weighted by Crippen LogP contribution is -2.19. The number of halogens is 2. The number of aromatic nitrogens is 1. The van der Waals surface area contributed by atoms with Crippen molar-refractivity contribution in [3.05, 3.63) is 40.6 Å². The summed E-state index contributed by atoms with van der Waals surface area (Å²) >= 11 is 5.66. The number of likely N-dealkylation sites (N-methyl/N-ethyl adjacent to an activating group) is 1. The molecule has 6 heteroatoms. The Hall–Kier alpha value is -1.62. The number of carbonyl (C=O) groups is 1. The fraction of sp³-hybridized carbons (Fsp3) is 0.273. The predicted molar refractivity (Wildman–Crippen MR) is 59.8 cm³/mol. The molecule has 0 amide bonds. The van der Waals surface area contributed by atoms with Crippen molar-refractivity contribution in [2.24, 2.45) is 0 Å². The van der Waals surface area contributed by atoms with Gasteiger partial charge in [-0.05, 0) is 11.6 Å². The second-order valence-electron chi connectivity index (χ2n) is 3.68. The summed E-state index contributed by atoms with van der Waals surface area (Å²) in [7, 11) is 1.69. The van der Waals surface area contributed by atoms with Crippen LogP contribution in [-0.4, -0.2) is 29.5 Å². The Kier molecular flexibility index (Phi) is 3.28. The number of hydrogen-bond acceptors (Lipinski definition) is 4. The zero-order chi connectivity index (χ0) is 12.4. The Morgan fingerprint density at radius 1 is 1.59 bits per heavy atom. The lowest BCUT2D eigenvalue weighted by Gasteiger charge is -2.18. The highest BCUT2D eigenvalue weighted by Crippen LogP contribution is 2.21. The summed E-state index contributed by atoms with van der Waals surface area (Å²) in [6.45, 7) is 0.408. The molecule has 0 N–H and O–H groups in total. The van der Waals surface area contributed by atoms with Gasteiger partial charge >= 0.3 is 5.97 Å². The van der Waals surface area contributed by atoms with E-state index in [-0.39, 0.29) is 12.3 Å². The van der Waals surface area contributed by atoms with Crippen molar-refractivity contribution in [1.29, 1.82) is 0 Å². The van der Waals surface area contributed by atoms with Crippen LogP contribution in [0, 0.1) is 0 Å². The summed E-state index contributed by atoms with van der Waals surface area (Å²) in [5.41, 5.74) is 1.13. The molecule has 0 saturated carbocycles. The molecule has 2 rings (SSSR count). The molecule has 1 aromatic heterocycles. The van der Waals surface area contributed by atoms with Gasteiger partial charge < -0.3 is 9.64 Å². The van der Waals surface area contributed by atoms with Gasteiger partial charge in [-0.2, -0.15) is 4.39 Å². The minimum Gasteiger partial charge on any atom is -0.454 e. The Morgan fingerprint density at radius 3 is 2.88 bits per heavy atom. The highest BCUT2D eigenvalue weighted by atomic mass is 35.5. The van der Waals surface area contributed by atoms with Crippen molar-refractivity contribution in [2.45, 2.75) is 6.54 Å². The van der Waals surface area contributed by atoms with Gasteiger partial charge in [-0.3, -0.25) is 0 Å². The van der Waals surface area contributed by atoms with Crippen LogP contribution in [0.15, 0.2) is 29.9 Å². The van der Waals surface area contributed by atoms with Gasteiger partial charge in [-0.1, -0.05) is 17.7 Å². The van der Waals surface area contributed by atoms with Gasteiger partial charge in [0, 0.05) is 19.8 Å². The standard InChI is InChI=1S/C11H10ClFN2O2/c1-15(8-6-17-11(16)10(8)13)5-7-2-3-9(12)14-4-7/h2-4H,5-6H2,1H3. The van der Waals surface area contributed by atoms with Crippen molar-refractivity contribution in [1.82, 2.24) is 9.88 Å². The van der Waals surface area contributed by atoms with Gasteiger partial charge in [0.25, 0.3) is 0 Å². The van der Waals surface area contributed by atoms with Crippen LogP contribution >= 0.6 is 11.6 Å². The minimum absolute atomic E-state index is 0.0256. The molecule has 0 aromatic carbocycles. The highest BCUT2D eigenvalue weighted by molar-refractivity contribution is 6.29. The first kappa shape index (κ1) is 11.9. The van der Waals surface area contributed by atoms with Crippen LogP contribution < -0.4 is 0 Å². The molecule has 0 spiro atoms. The molecule has 0 atom stereocenters. The first-order valence-electron chi connectivity index (χ1n) is 4.95. The third-order valence-electron chi connectivity index (χ3n) is 2.44. The van der Waals surface area contributed by atoms with Crippen LogP contribution in [0.3, 0.4) is 0 Å². The molecule has 0 unspecified atom stereocenters. The molecule has 17 heavy (non-hydrogen) atoms. The van der Waals surface area contributed by atoms with E-state index >= 15 is 0 Å². The molecule has 4 nitrogen and oxygen atoms in total. The monoisotopic (exact) mass is 256 g/mol. The average Bonchev–Trinajstić information content (AvgIpc) is 2.63. The van der Waals surface area contributed by atoms with Crippen LogP contribution in [0.2, 0.25) is 5.15 Å². The summed E-state index contributed by atoms with van der Waals surface area (Å²) < 4.78 is 17.9. The van der Waals surface area contributed by atoms with Crippen molar-refractivity contribution in [3.63, 3.8) is 0 Å². The number of pyridine rings is 1. The molecule has 1 aromatic rings. The summed E-state index contributed by atoms with van der Waals surface area (Å²) in [6.07, 6.45) is 1.61. The first-order chi connectivity index (χ1) is 8.08. The molecule has 90 valence electrons. The maximum atomic E-state index is 13.3. The molecule has 1 aliphatic rings. The Morgan fingerprint density at radius 2 is 2.35 bits per heavy atom. The van der Waals surface area contributed by atoms with Crippen molar-refractivity contribution in [3.8, 4) is 0 Å². The Labute approximate surface area is 103 Å². The zero-order valence-electron chi connectivity index (χ0n) is 9.11. The quantitative estimate of drug-likeness (QED) is 0.612. The molecule has 2 heterocycles. The van der Waals surface area contributed by atoms with Crippen molar-refractivity contribution >= 4 is 17.6 Å². The van der Waals surface area contributed by atoms with Gasteiger partial charge in [0.2, 0.25) is 5.83 Å². The van der Waals surface area contributed by atoms with E-state index in [4.69, 9.17) is 11.6 Å². The van der Waals surface area contributed by atoms with E-state index in [1.807, 2.05) is 0 Å². The molecule has 0 fully saturated rings. The number of esters is 1. The fourth-order valence-electron chi connectivity index (χ4n) is 1.53. The van der Waals surface area contributed by atoms with Gasteiger partial charge in [0.15, 0.2) is 0 Å². The van der Waals surface area contributed by atoms with Crippen LogP contribution in [0.4, 0.5) is 4.39 Å². The number of ether oxygens (including phenoxy) is 1. The average molecular weight is 257 g/mol. The maximum absolute atomic E-state index is 13.3. The minimum atomic E-state index is -0.902. The largest absolute Gasteiger partial charge is 0.454 e. The van der Waals surface area contributed by atoms with Crippen molar-refractivity contribution in [2.75, 3.05) is 13.7 Å². The van der Waals surface area contributed by atoms with Gasteiger partial charge in [0.05, 0.1) is 5.70 Å². The number of rotatable bonds is 3. The molecule has 0 radical (unpaired) electrons. The Bertz CT molecular complexity index is 473. The number of carbonyl (C=O) groups excluding carboxylic acids is 1. The van der Waals surface area contributed by atoms with Crippen LogP contribution in [0.5, 0.6) is 0 Å². The molecular formula is C11H10ClFN2O2. The van der Waals surface area contributed by atoms with E-state index < -0.39 is 11.8 Å². The first-order valence-corrected chi connectivity index (χ1v) is 5.33. The van der Waals surface area contributed by atoms with E-state index in [0.717, 1.165) is 5.56 Å². The highest BCUT2D eigenvalue weighted by Gasteiger charge is 2.27. The van der Waals surface area contributed by atoms with Crippen LogP contribution in [0.25, 0.3) is 0 Å². The third kappa shape index (κ3) is 2.55. The molecular weight excluding hydrogens is 247 g/mol. The van der Waals surface area contributed by atoms with Gasteiger partial charge in [-0.25, -0.2) is 9.78 Å². The third-order valence-corrected chi connectivity index (χ3v) is 2.67. The molecule has 0 bridgehead atoms. The van der Waals surface area contributed by atoms with E-state index in [2.05, 4.69) is 9.72 Å². The number of nitrogens with zero attached hydrogens (tertiary/aromatic N) is 2. The predicted octanol–water partition coefficient (Wildman–Crippen LogP) is 1.90. The lowest BCUT2D eigenvalue weighted by molar-refractivity contribution is -0.137. The van der Waals surface area contributed by atoms with Crippen LogP contribution in [-0.2, 0) is 16.1 Å². The fourth-order valence-corrected chi connectivity index (χ4v) is 1.64. The maximum Gasteiger partial charge on any atom is 0.369 e. The van der Waals surface area contributed by atoms with Gasteiger partial charge in [-0.15, -0.1) is 0 Å².